The van der Waals surface area contributed by atoms with Crippen molar-refractivity contribution in [3.63, 3.8) is 0 Å². The summed E-state index contributed by atoms with van der Waals surface area (Å²) in [5.74, 6) is 1.85. The average molecular weight is 268 g/mol. The van der Waals surface area contributed by atoms with Crippen molar-refractivity contribution in [1.82, 2.24) is 15.0 Å². The summed E-state index contributed by atoms with van der Waals surface area (Å²) >= 11 is 0. The van der Waals surface area contributed by atoms with E-state index in [-0.39, 0.29) is 0 Å². The molecule has 7 heteroatoms. The molecule has 0 bridgehead atoms. The third-order valence-corrected chi connectivity index (χ3v) is 2.42. The second-order valence-electron chi connectivity index (χ2n) is 4.33. The number of aromatic nitrogens is 3. The Morgan fingerprint density at radius 1 is 1.05 bits per heavy atom. The molecule has 0 spiro atoms. The predicted octanol–water partition coefficient (Wildman–Crippen LogP) is 1.21. The second-order valence-corrected chi connectivity index (χ2v) is 4.33. The molecule has 0 saturated carbocycles. The van der Waals surface area contributed by atoms with Crippen LogP contribution in [0.15, 0.2) is 0 Å². The highest BCUT2D eigenvalue weighted by Gasteiger charge is 2.06. The summed E-state index contributed by atoms with van der Waals surface area (Å²) in [6.07, 6.45) is 2.04. The van der Waals surface area contributed by atoms with Crippen LogP contribution in [0.4, 0.5) is 17.8 Å². The molecule has 0 aliphatic carbocycles. The summed E-state index contributed by atoms with van der Waals surface area (Å²) in [7, 11) is 5.53. The second kappa shape index (κ2) is 8.47. The molecular formula is C12H24N6O. The van der Waals surface area contributed by atoms with Gasteiger partial charge in [-0.2, -0.15) is 15.0 Å². The Bertz CT molecular complexity index is 371. The number of unbranched alkanes of at least 4 members (excludes halogenated alkanes) is 1. The fraction of sp³-hybridized carbons (Fsp3) is 0.750. The van der Waals surface area contributed by atoms with Crippen molar-refractivity contribution in [3.05, 3.63) is 0 Å². The molecule has 0 saturated heterocycles. The first kappa shape index (κ1) is 15.4. The van der Waals surface area contributed by atoms with Crippen LogP contribution < -0.4 is 15.5 Å². The average Bonchev–Trinajstić information content (AvgIpc) is 2.38. The van der Waals surface area contributed by atoms with Crippen LogP contribution in [0.3, 0.4) is 0 Å². The molecule has 0 amide bonds. The Hall–Kier alpha value is -1.63. The summed E-state index contributed by atoms with van der Waals surface area (Å²) in [5, 5.41) is 6.32. The van der Waals surface area contributed by atoms with E-state index in [0.29, 0.717) is 17.8 Å². The molecule has 1 rings (SSSR count). The fourth-order valence-corrected chi connectivity index (χ4v) is 1.45. The molecule has 1 aromatic rings. The minimum atomic E-state index is 0.598. The van der Waals surface area contributed by atoms with Crippen LogP contribution in [0.2, 0.25) is 0 Å². The largest absolute Gasteiger partial charge is 0.385 e. The van der Waals surface area contributed by atoms with Gasteiger partial charge in [0.15, 0.2) is 0 Å². The van der Waals surface area contributed by atoms with Gasteiger partial charge in [-0.15, -0.1) is 0 Å². The molecule has 0 fully saturated rings. The van der Waals surface area contributed by atoms with Crippen LogP contribution >= 0.6 is 0 Å². The molecule has 1 heterocycles. The van der Waals surface area contributed by atoms with Crippen molar-refractivity contribution in [3.8, 4) is 0 Å². The molecule has 19 heavy (non-hydrogen) atoms. The van der Waals surface area contributed by atoms with Crippen molar-refractivity contribution in [2.75, 3.05) is 56.4 Å². The molecule has 0 unspecified atom stereocenters. The molecule has 0 aliphatic heterocycles. The van der Waals surface area contributed by atoms with Crippen molar-refractivity contribution in [1.29, 1.82) is 0 Å². The topological polar surface area (TPSA) is 75.2 Å². The number of rotatable bonds is 9. The zero-order valence-electron chi connectivity index (χ0n) is 12.2. The standard InChI is InChI=1S/C12H24N6O/c1-5-13-10-15-11(14-8-6-7-9-19-4)17-12(16-10)18(2)3/h5-9H2,1-4H3,(H2,13,14,15,16,17). The molecule has 108 valence electrons. The molecule has 0 radical (unpaired) electrons. The minimum Gasteiger partial charge on any atom is -0.385 e. The van der Waals surface area contributed by atoms with E-state index in [0.717, 1.165) is 32.5 Å². The van der Waals surface area contributed by atoms with Gasteiger partial charge < -0.3 is 20.3 Å². The molecule has 0 aliphatic rings. The van der Waals surface area contributed by atoms with Gasteiger partial charge in [-0.1, -0.05) is 0 Å². The number of ether oxygens (including phenoxy) is 1. The highest BCUT2D eigenvalue weighted by Crippen LogP contribution is 2.11. The summed E-state index contributed by atoms with van der Waals surface area (Å²) in [6, 6.07) is 0. The van der Waals surface area contributed by atoms with E-state index < -0.39 is 0 Å². The van der Waals surface area contributed by atoms with Crippen molar-refractivity contribution in [2.45, 2.75) is 19.8 Å². The molecule has 1 aromatic heterocycles. The first-order valence-electron chi connectivity index (χ1n) is 6.57. The van der Waals surface area contributed by atoms with Crippen LogP contribution in [-0.4, -0.2) is 55.9 Å². The summed E-state index contributed by atoms with van der Waals surface area (Å²) in [6.45, 7) is 4.40. The Balaban J connectivity index is 2.60. The Labute approximate surface area is 114 Å². The smallest absolute Gasteiger partial charge is 0.231 e. The van der Waals surface area contributed by atoms with Crippen molar-refractivity contribution >= 4 is 17.8 Å². The summed E-state index contributed by atoms with van der Waals surface area (Å²) in [5.41, 5.74) is 0. The van der Waals surface area contributed by atoms with E-state index >= 15 is 0 Å². The van der Waals surface area contributed by atoms with Gasteiger partial charge in [0.25, 0.3) is 0 Å². The number of hydrogen-bond donors (Lipinski definition) is 2. The van der Waals surface area contributed by atoms with Crippen molar-refractivity contribution < 1.29 is 4.74 Å². The van der Waals surface area contributed by atoms with Gasteiger partial charge in [0.2, 0.25) is 17.8 Å². The van der Waals surface area contributed by atoms with E-state index in [4.69, 9.17) is 4.74 Å². The summed E-state index contributed by atoms with van der Waals surface area (Å²) in [4.78, 5) is 14.8. The number of hydrogen-bond acceptors (Lipinski definition) is 7. The van der Waals surface area contributed by atoms with Gasteiger partial charge >= 0.3 is 0 Å². The Morgan fingerprint density at radius 3 is 2.32 bits per heavy atom. The van der Waals surface area contributed by atoms with E-state index in [2.05, 4.69) is 25.6 Å². The Kier molecular flexibility index (Phi) is 6.88. The van der Waals surface area contributed by atoms with Gasteiger partial charge in [-0.25, -0.2) is 0 Å². The maximum Gasteiger partial charge on any atom is 0.231 e. The molecule has 7 nitrogen and oxygen atoms in total. The van der Waals surface area contributed by atoms with E-state index in [1.54, 1.807) is 7.11 Å². The monoisotopic (exact) mass is 268 g/mol. The van der Waals surface area contributed by atoms with E-state index in [1.807, 2.05) is 25.9 Å². The minimum absolute atomic E-state index is 0.598. The highest BCUT2D eigenvalue weighted by atomic mass is 16.5. The van der Waals surface area contributed by atoms with Crippen LogP contribution in [0.25, 0.3) is 0 Å². The Morgan fingerprint density at radius 2 is 1.74 bits per heavy atom. The number of methoxy groups -OCH3 is 1. The van der Waals surface area contributed by atoms with Crippen LogP contribution in [0.1, 0.15) is 19.8 Å². The molecule has 0 atom stereocenters. The van der Waals surface area contributed by atoms with Gasteiger partial charge in [-0.3, -0.25) is 0 Å². The third-order valence-electron chi connectivity index (χ3n) is 2.42. The van der Waals surface area contributed by atoms with Crippen LogP contribution in [0.5, 0.6) is 0 Å². The van der Waals surface area contributed by atoms with Gasteiger partial charge in [0, 0.05) is 40.9 Å². The third kappa shape index (κ3) is 5.69. The van der Waals surface area contributed by atoms with Crippen molar-refractivity contribution in [2.24, 2.45) is 0 Å². The molecular weight excluding hydrogens is 244 g/mol. The van der Waals surface area contributed by atoms with Gasteiger partial charge in [0.05, 0.1) is 0 Å². The maximum atomic E-state index is 5.01. The van der Waals surface area contributed by atoms with E-state index in [9.17, 15) is 0 Å². The lowest BCUT2D eigenvalue weighted by molar-refractivity contribution is 0.193. The highest BCUT2D eigenvalue weighted by molar-refractivity contribution is 5.42. The SMILES string of the molecule is CCNc1nc(NCCCCOC)nc(N(C)C)n1. The quantitative estimate of drug-likeness (QED) is 0.652. The lowest BCUT2D eigenvalue weighted by Gasteiger charge is -2.13. The predicted molar refractivity (Wildman–Crippen MR) is 77.9 cm³/mol. The van der Waals surface area contributed by atoms with Gasteiger partial charge in [-0.05, 0) is 19.8 Å². The molecule has 0 aromatic carbocycles. The lowest BCUT2D eigenvalue weighted by Crippen LogP contribution is -2.17. The maximum absolute atomic E-state index is 5.01. The number of nitrogens with one attached hydrogen (secondary N) is 2. The van der Waals surface area contributed by atoms with Crippen LogP contribution in [-0.2, 0) is 4.74 Å². The van der Waals surface area contributed by atoms with E-state index in [1.165, 1.54) is 0 Å². The number of nitrogens with zero attached hydrogens (tertiary/aromatic N) is 4. The van der Waals surface area contributed by atoms with Crippen LogP contribution in [0, 0.1) is 0 Å². The molecule has 2 N–H and O–H groups in total. The lowest BCUT2D eigenvalue weighted by atomic mass is 10.3. The first-order chi connectivity index (χ1) is 9.17. The number of anilines is 3. The zero-order valence-corrected chi connectivity index (χ0v) is 12.2. The van der Waals surface area contributed by atoms with Gasteiger partial charge in [0.1, 0.15) is 0 Å². The summed E-state index contributed by atoms with van der Waals surface area (Å²) < 4.78 is 5.01. The zero-order chi connectivity index (χ0) is 14.1. The first-order valence-corrected chi connectivity index (χ1v) is 6.57. The fourth-order valence-electron chi connectivity index (χ4n) is 1.45. The normalized spacial score (nSPS) is 10.3.